The highest BCUT2D eigenvalue weighted by atomic mass is 16.5. The molecule has 0 spiro atoms. The van der Waals surface area contributed by atoms with Gasteiger partial charge in [-0.1, -0.05) is 12.8 Å². The van der Waals surface area contributed by atoms with E-state index >= 15 is 0 Å². The number of likely N-dealkylation sites (tertiary alicyclic amines) is 1. The number of amides is 2. The second-order valence-electron chi connectivity index (χ2n) is 5.20. The number of nitrogens with one attached hydrogen (secondary N) is 1. The van der Waals surface area contributed by atoms with E-state index in [1.165, 1.54) is 17.7 Å². The van der Waals surface area contributed by atoms with E-state index in [1.54, 1.807) is 0 Å². The number of ether oxygens (including phenoxy) is 1. The van der Waals surface area contributed by atoms with Crippen LogP contribution in [0, 0.1) is 0 Å². The lowest BCUT2D eigenvalue weighted by Crippen LogP contribution is -2.46. The van der Waals surface area contributed by atoms with Crippen molar-refractivity contribution in [3.8, 4) is 0 Å². The van der Waals surface area contributed by atoms with Crippen LogP contribution in [0.3, 0.4) is 0 Å². The molecule has 1 aliphatic heterocycles. The minimum absolute atomic E-state index is 0.292. The number of urea groups is 1. The Labute approximate surface area is 113 Å². The molecule has 2 amide bonds. The van der Waals surface area contributed by atoms with Crippen molar-refractivity contribution in [2.45, 2.75) is 50.7 Å². The van der Waals surface area contributed by atoms with Crippen molar-refractivity contribution < 1.29 is 19.4 Å². The third-order valence-electron chi connectivity index (χ3n) is 3.83. The van der Waals surface area contributed by atoms with Gasteiger partial charge in [0.05, 0.1) is 12.7 Å². The monoisotopic (exact) mass is 270 g/mol. The molecule has 6 heteroatoms. The molecule has 2 N–H and O–H groups in total. The first-order chi connectivity index (χ1) is 9.18. The van der Waals surface area contributed by atoms with Gasteiger partial charge in [0.25, 0.3) is 0 Å². The van der Waals surface area contributed by atoms with Gasteiger partial charge >= 0.3 is 12.0 Å². The third kappa shape index (κ3) is 3.83. The van der Waals surface area contributed by atoms with Crippen LogP contribution >= 0.6 is 0 Å². The molecule has 108 valence electrons. The summed E-state index contributed by atoms with van der Waals surface area (Å²) < 4.78 is 5.64. The van der Waals surface area contributed by atoms with E-state index in [1.807, 2.05) is 0 Å². The molecule has 0 aromatic heterocycles. The topological polar surface area (TPSA) is 78.9 Å². The zero-order chi connectivity index (χ0) is 13.7. The van der Waals surface area contributed by atoms with Crippen molar-refractivity contribution >= 4 is 12.0 Å². The van der Waals surface area contributed by atoms with Crippen molar-refractivity contribution in [2.24, 2.45) is 0 Å². The zero-order valence-electron chi connectivity index (χ0n) is 11.1. The number of hydrogen-bond acceptors (Lipinski definition) is 3. The lowest BCUT2D eigenvalue weighted by atomic mass is 10.2. The fraction of sp³-hybridized carbons (Fsp3) is 0.846. The molecule has 1 saturated heterocycles. The summed E-state index contributed by atoms with van der Waals surface area (Å²) in [6.07, 6.45) is 6.32. The number of carbonyl (C=O) groups is 2. The van der Waals surface area contributed by atoms with Crippen LogP contribution in [0.25, 0.3) is 0 Å². The molecular weight excluding hydrogens is 248 g/mol. The third-order valence-corrected chi connectivity index (χ3v) is 3.83. The first kappa shape index (κ1) is 14.1. The SMILES string of the molecule is O=C(O)[C@H]1CCCN1C(=O)NCCOC1CCCC1. The summed E-state index contributed by atoms with van der Waals surface area (Å²) >= 11 is 0. The molecule has 2 aliphatic rings. The van der Waals surface area contributed by atoms with E-state index in [9.17, 15) is 9.59 Å². The van der Waals surface area contributed by atoms with E-state index in [0.717, 1.165) is 19.3 Å². The molecule has 1 aliphatic carbocycles. The molecule has 0 radical (unpaired) electrons. The molecule has 19 heavy (non-hydrogen) atoms. The molecule has 0 aromatic carbocycles. The van der Waals surface area contributed by atoms with Gasteiger partial charge in [-0.3, -0.25) is 0 Å². The quantitative estimate of drug-likeness (QED) is 0.736. The lowest BCUT2D eigenvalue weighted by Gasteiger charge is -2.22. The Hall–Kier alpha value is -1.30. The first-order valence-electron chi connectivity index (χ1n) is 7.07. The van der Waals surface area contributed by atoms with E-state index in [-0.39, 0.29) is 6.03 Å². The van der Waals surface area contributed by atoms with Crippen LogP contribution in [0.1, 0.15) is 38.5 Å². The highest BCUT2D eigenvalue weighted by Crippen LogP contribution is 2.20. The van der Waals surface area contributed by atoms with Crippen molar-refractivity contribution in [3.63, 3.8) is 0 Å². The molecule has 1 atom stereocenters. The molecule has 2 rings (SSSR count). The molecular formula is C13H22N2O4. The average molecular weight is 270 g/mol. The van der Waals surface area contributed by atoms with Crippen LogP contribution in [0.5, 0.6) is 0 Å². The fourth-order valence-electron chi connectivity index (χ4n) is 2.81. The Morgan fingerprint density at radius 3 is 2.63 bits per heavy atom. The van der Waals surface area contributed by atoms with Gasteiger partial charge < -0.3 is 20.1 Å². The largest absolute Gasteiger partial charge is 0.480 e. The highest BCUT2D eigenvalue weighted by Gasteiger charge is 2.33. The van der Waals surface area contributed by atoms with E-state index in [2.05, 4.69) is 5.32 Å². The molecule has 2 fully saturated rings. The smallest absolute Gasteiger partial charge is 0.326 e. The van der Waals surface area contributed by atoms with Gasteiger partial charge in [-0.25, -0.2) is 9.59 Å². The number of nitrogens with zero attached hydrogens (tertiary/aromatic N) is 1. The summed E-state index contributed by atoms with van der Waals surface area (Å²) in [5.41, 5.74) is 0. The molecule has 6 nitrogen and oxygen atoms in total. The van der Waals surface area contributed by atoms with Gasteiger partial charge in [-0.05, 0) is 25.7 Å². The average Bonchev–Trinajstić information content (AvgIpc) is 3.04. The second-order valence-corrected chi connectivity index (χ2v) is 5.20. The van der Waals surface area contributed by atoms with Gasteiger partial charge in [0, 0.05) is 13.1 Å². The predicted molar refractivity (Wildman–Crippen MR) is 69.0 cm³/mol. The molecule has 1 saturated carbocycles. The Balaban J connectivity index is 1.64. The first-order valence-corrected chi connectivity index (χ1v) is 7.07. The Kier molecular flexibility index (Phi) is 5.01. The van der Waals surface area contributed by atoms with Crippen LogP contribution < -0.4 is 5.32 Å². The maximum absolute atomic E-state index is 11.9. The van der Waals surface area contributed by atoms with Gasteiger partial charge in [0.2, 0.25) is 0 Å². The fourth-order valence-corrected chi connectivity index (χ4v) is 2.81. The Morgan fingerprint density at radius 1 is 1.21 bits per heavy atom. The number of carbonyl (C=O) groups excluding carboxylic acids is 1. The predicted octanol–water partition coefficient (Wildman–Crippen LogP) is 1.20. The zero-order valence-corrected chi connectivity index (χ0v) is 11.1. The summed E-state index contributed by atoms with van der Waals surface area (Å²) in [5.74, 6) is -0.921. The van der Waals surface area contributed by atoms with Crippen LogP contribution in [0.4, 0.5) is 4.79 Å². The summed E-state index contributed by atoms with van der Waals surface area (Å²) in [6.45, 7) is 1.46. The van der Waals surface area contributed by atoms with E-state index in [0.29, 0.717) is 32.2 Å². The summed E-state index contributed by atoms with van der Waals surface area (Å²) in [6, 6.07) is -0.962. The lowest BCUT2D eigenvalue weighted by molar-refractivity contribution is -0.141. The summed E-state index contributed by atoms with van der Waals surface area (Å²) in [5, 5.41) is 11.7. The van der Waals surface area contributed by atoms with Crippen LogP contribution in [-0.2, 0) is 9.53 Å². The second kappa shape index (κ2) is 6.75. The van der Waals surface area contributed by atoms with E-state index < -0.39 is 12.0 Å². The number of carboxylic acid groups (broad SMARTS) is 1. The minimum atomic E-state index is -0.921. The maximum atomic E-state index is 11.9. The molecule has 0 bridgehead atoms. The van der Waals surface area contributed by atoms with Crippen molar-refractivity contribution in [1.82, 2.24) is 10.2 Å². The van der Waals surface area contributed by atoms with Crippen LogP contribution in [0.2, 0.25) is 0 Å². The number of rotatable bonds is 5. The number of aliphatic carboxylic acids is 1. The van der Waals surface area contributed by atoms with Gasteiger partial charge in [-0.2, -0.15) is 0 Å². The van der Waals surface area contributed by atoms with Crippen LogP contribution in [0.15, 0.2) is 0 Å². The van der Waals surface area contributed by atoms with Gasteiger partial charge in [0.1, 0.15) is 6.04 Å². The standard InChI is InChI=1S/C13H22N2O4/c16-12(17)11-6-3-8-15(11)13(18)14-7-9-19-10-4-1-2-5-10/h10-11H,1-9H2,(H,14,18)(H,16,17)/t11-/m1/s1. The van der Waals surface area contributed by atoms with Gasteiger partial charge in [0.15, 0.2) is 0 Å². The number of carboxylic acids is 1. The van der Waals surface area contributed by atoms with Crippen LogP contribution in [-0.4, -0.2) is 53.8 Å². The molecule has 0 aromatic rings. The molecule has 0 unspecified atom stereocenters. The van der Waals surface area contributed by atoms with Crippen molar-refractivity contribution in [3.05, 3.63) is 0 Å². The summed E-state index contributed by atoms with van der Waals surface area (Å²) in [7, 11) is 0. The number of hydrogen-bond donors (Lipinski definition) is 2. The molecule has 1 heterocycles. The summed E-state index contributed by atoms with van der Waals surface area (Å²) in [4.78, 5) is 24.2. The maximum Gasteiger partial charge on any atom is 0.326 e. The van der Waals surface area contributed by atoms with Crippen molar-refractivity contribution in [1.29, 1.82) is 0 Å². The van der Waals surface area contributed by atoms with E-state index in [4.69, 9.17) is 9.84 Å². The van der Waals surface area contributed by atoms with Gasteiger partial charge in [-0.15, -0.1) is 0 Å². The Bertz CT molecular complexity index is 329. The Morgan fingerprint density at radius 2 is 1.95 bits per heavy atom. The normalized spacial score (nSPS) is 23.8. The highest BCUT2D eigenvalue weighted by molar-refractivity contribution is 5.83. The van der Waals surface area contributed by atoms with Crippen molar-refractivity contribution in [2.75, 3.05) is 19.7 Å². The minimum Gasteiger partial charge on any atom is -0.480 e.